The minimum atomic E-state index is -0.627. The maximum Gasteiger partial charge on any atom is 0.248 e. The molecule has 1 aromatic carbocycles. The molecule has 0 amide bonds. The number of aliphatic imine (C=N–C) groups is 1. The number of hydrogen-bond donors (Lipinski definition) is 2. The third kappa shape index (κ3) is 3.19. The highest BCUT2D eigenvalue weighted by molar-refractivity contribution is 6.31. The van der Waals surface area contributed by atoms with Crippen LogP contribution in [-0.2, 0) is 12.0 Å². The first-order valence-corrected chi connectivity index (χ1v) is 9.94. The van der Waals surface area contributed by atoms with Crippen LogP contribution in [0.15, 0.2) is 57.4 Å². The molecule has 0 aliphatic heterocycles. The van der Waals surface area contributed by atoms with Crippen LogP contribution >= 0.6 is 11.6 Å². The van der Waals surface area contributed by atoms with Gasteiger partial charge in [0, 0.05) is 52.5 Å². The highest BCUT2D eigenvalue weighted by Gasteiger charge is 2.46. The van der Waals surface area contributed by atoms with Gasteiger partial charge in [-0.25, -0.2) is 0 Å². The molecule has 150 valence electrons. The number of benzene rings is 1. The van der Waals surface area contributed by atoms with Crippen molar-refractivity contribution in [3.63, 3.8) is 0 Å². The zero-order chi connectivity index (χ0) is 20.8. The van der Waals surface area contributed by atoms with Crippen molar-refractivity contribution in [1.82, 2.24) is 4.98 Å². The number of phenolic OH excluding ortho intramolecular Hbond substituents is 1. The number of hydrogen-bond acceptors (Lipinski definition) is 4. The molecule has 2 atom stereocenters. The number of H-pyrrole nitrogens is 1. The monoisotopic (exact) mass is 410 g/mol. The Morgan fingerprint density at radius 3 is 2.90 bits per heavy atom. The van der Waals surface area contributed by atoms with Crippen molar-refractivity contribution in [1.29, 1.82) is 0 Å². The summed E-state index contributed by atoms with van der Waals surface area (Å²) in [5.74, 6) is 0.476. The van der Waals surface area contributed by atoms with Gasteiger partial charge in [0.25, 0.3) is 0 Å². The standard InChI is InChI=1S/C23H23ClN2O3/c1-4-17-14-7-13(2)11-23(17,18-5-6-21(27)26-19(18)9-14)25-12-15-8-16(24)10-20(29-3)22(15)28/h4-8,10,12,14,28H,9,11H2,1-3H3,(H,26,27)/t14-,23+/m1/s1. The van der Waals surface area contributed by atoms with Crippen LogP contribution in [0.25, 0.3) is 0 Å². The van der Waals surface area contributed by atoms with Gasteiger partial charge in [-0.2, -0.15) is 0 Å². The summed E-state index contributed by atoms with van der Waals surface area (Å²) in [6.07, 6.45) is 7.49. The maximum absolute atomic E-state index is 11.9. The fourth-order valence-electron chi connectivity index (χ4n) is 4.68. The van der Waals surface area contributed by atoms with Crippen molar-refractivity contribution in [2.45, 2.75) is 32.2 Å². The summed E-state index contributed by atoms with van der Waals surface area (Å²) < 4.78 is 5.21. The first-order chi connectivity index (χ1) is 13.9. The van der Waals surface area contributed by atoms with Crippen molar-refractivity contribution >= 4 is 17.8 Å². The zero-order valence-electron chi connectivity index (χ0n) is 16.6. The van der Waals surface area contributed by atoms with Crippen molar-refractivity contribution in [2.24, 2.45) is 10.9 Å². The number of aromatic amines is 1. The van der Waals surface area contributed by atoms with Gasteiger partial charge in [0.15, 0.2) is 11.5 Å². The molecule has 0 radical (unpaired) electrons. The molecular formula is C23H23ClN2O3. The predicted molar refractivity (Wildman–Crippen MR) is 115 cm³/mol. The number of aromatic hydroxyl groups is 1. The SMILES string of the molecule is CC=C1[C@@H]2C=C(C)C[C@@]1(N=Cc1cc(Cl)cc(OC)c1O)c1ccc(=O)[nH]c1C2. The fraction of sp³-hybridized carbons (Fsp3) is 0.304. The van der Waals surface area contributed by atoms with Gasteiger partial charge in [-0.05, 0) is 38.0 Å². The lowest BCUT2D eigenvalue weighted by Gasteiger charge is -2.45. The molecule has 2 bridgehead atoms. The molecule has 0 spiro atoms. The van der Waals surface area contributed by atoms with Crippen molar-refractivity contribution in [2.75, 3.05) is 7.11 Å². The van der Waals surface area contributed by atoms with Gasteiger partial charge in [-0.1, -0.05) is 29.3 Å². The first-order valence-electron chi connectivity index (χ1n) is 9.56. The van der Waals surface area contributed by atoms with Crippen LogP contribution in [-0.4, -0.2) is 23.4 Å². The molecule has 2 N–H and O–H groups in total. The van der Waals surface area contributed by atoms with Crippen molar-refractivity contribution in [3.8, 4) is 11.5 Å². The lowest BCUT2D eigenvalue weighted by molar-refractivity contribution is 0.373. The van der Waals surface area contributed by atoms with E-state index in [1.54, 1.807) is 24.4 Å². The number of nitrogens with one attached hydrogen (secondary N) is 1. The predicted octanol–water partition coefficient (Wildman–Crippen LogP) is 4.53. The minimum absolute atomic E-state index is 0.00352. The number of phenols is 1. The molecule has 6 heteroatoms. The third-order valence-corrected chi connectivity index (χ3v) is 6.01. The van der Waals surface area contributed by atoms with Crippen LogP contribution in [0.2, 0.25) is 5.02 Å². The first kappa shape index (κ1) is 19.5. The molecule has 2 aliphatic rings. The summed E-state index contributed by atoms with van der Waals surface area (Å²) in [5.41, 5.74) is 4.12. The Bertz CT molecular complexity index is 1130. The molecule has 0 unspecified atom stereocenters. The molecule has 4 rings (SSSR count). The van der Waals surface area contributed by atoms with Gasteiger partial charge < -0.3 is 14.8 Å². The average molecular weight is 411 g/mol. The lowest BCUT2D eigenvalue weighted by atomic mass is 9.63. The van der Waals surface area contributed by atoms with E-state index in [1.165, 1.54) is 18.3 Å². The van der Waals surface area contributed by atoms with E-state index in [9.17, 15) is 9.90 Å². The summed E-state index contributed by atoms with van der Waals surface area (Å²) in [7, 11) is 1.48. The number of ether oxygens (including phenoxy) is 1. The van der Waals surface area contributed by atoms with E-state index < -0.39 is 5.54 Å². The lowest BCUT2D eigenvalue weighted by Crippen LogP contribution is -2.40. The smallest absolute Gasteiger partial charge is 0.248 e. The van der Waals surface area contributed by atoms with E-state index >= 15 is 0 Å². The molecule has 2 aliphatic carbocycles. The number of halogens is 1. The van der Waals surface area contributed by atoms with E-state index in [1.807, 2.05) is 13.0 Å². The van der Waals surface area contributed by atoms with E-state index in [0.29, 0.717) is 22.8 Å². The highest BCUT2D eigenvalue weighted by atomic mass is 35.5. The van der Waals surface area contributed by atoms with E-state index in [-0.39, 0.29) is 17.2 Å². The average Bonchev–Trinajstić information content (AvgIpc) is 2.67. The summed E-state index contributed by atoms with van der Waals surface area (Å²) in [4.78, 5) is 20.0. The topological polar surface area (TPSA) is 74.7 Å². The molecule has 1 aromatic heterocycles. The summed E-state index contributed by atoms with van der Waals surface area (Å²) in [6.45, 7) is 4.14. The van der Waals surface area contributed by atoms with Crippen LogP contribution in [0.4, 0.5) is 0 Å². The molecule has 0 saturated carbocycles. The highest BCUT2D eigenvalue weighted by Crippen LogP contribution is 2.52. The zero-order valence-corrected chi connectivity index (χ0v) is 17.4. The number of fused-ring (bicyclic) bond motifs is 4. The molecular weight excluding hydrogens is 388 g/mol. The quantitative estimate of drug-likeness (QED) is 0.576. The van der Waals surface area contributed by atoms with Crippen molar-refractivity contribution in [3.05, 3.63) is 79.8 Å². The van der Waals surface area contributed by atoms with Crippen molar-refractivity contribution < 1.29 is 9.84 Å². The van der Waals surface area contributed by atoms with E-state index in [0.717, 1.165) is 17.7 Å². The van der Waals surface area contributed by atoms with Crippen LogP contribution in [0.5, 0.6) is 11.5 Å². The maximum atomic E-state index is 11.9. The fourth-order valence-corrected chi connectivity index (χ4v) is 4.90. The molecule has 5 nitrogen and oxygen atoms in total. The molecule has 2 aromatic rings. The van der Waals surface area contributed by atoms with Gasteiger partial charge in [-0.3, -0.25) is 9.79 Å². The number of rotatable bonds is 3. The number of allylic oxidation sites excluding steroid dienone is 2. The number of nitrogens with zero attached hydrogens (tertiary/aromatic N) is 1. The van der Waals surface area contributed by atoms with Gasteiger partial charge in [0.05, 0.1) is 7.11 Å². The Labute approximate surface area is 174 Å². The minimum Gasteiger partial charge on any atom is -0.504 e. The number of methoxy groups -OCH3 is 1. The molecule has 29 heavy (non-hydrogen) atoms. The van der Waals surface area contributed by atoms with Gasteiger partial charge in [-0.15, -0.1) is 0 Å². The van der Waals surface area contributed by atoms with Crippen LogP contribution < -0.4 is 10.3 Å². The Kier molecular flexibility index (Phi) is 4.87. The van der Waals surface area contributed by atoms with Crippen LogP contribution in [0, 0.1) is 5.92 Å². The third-order valence-electron chi connectivity index (χ3n) is 5.79. The molecule has 1 heterocycles. The molecule has 0 saturated heterocycles. The normalized spacial score (nSPS) is 24.5. The van der Waals surface area contributed by atoms with Gasteiger partial charge >= 0.3 is 0 Å². The second-order valence-corrected chi connectivity index (χ2v) is 8.06. The summed E-state index contributed by atoms with van der Waals surface area (Å²) in [5, 5.41) is 11.0. The molecule has 0 fully saturated rings. The summed E-state index contributed by atoms with van der Waals surface area (Å²) >= 11 is 6.19. The second kappa shape index (κ2) is 7.23. The largest absolute Gasteiger partial charge is 0.504 e. The van der Waals surface area contributed by atoms with E-state index in [4.69, 9.17) is 21.3 Å². The van der Waals surface area contributed by atoms with E-state index in [2.05, 4.69) is 24.1 Å². The summed E-state index contributed by atoms with van der Waals surface area (Å²) in [6, 6.07) is 6.65. The second-order valence-electron chi connectivity index (χ2n) is 7.62. The van der Waals surface area contributed by atoms with Crippen LogP contribution in [0.1, 0.15) is 37.1 Å². The number of aromatic nitrogens is 1. The Morgan fingerprint density at radius 1 is 1.38 bits per heavy atom. The Hall–Kier alpha value is -2.79. The Morgan fingerprint density at radius 2 is 2.17 bits per heavy atom. The van der Waals surface area contributed by atoms with Gasteiger partial charge in [0.2, 0.25) is 5.56 Å². The van der Waals surface area contributed by atoms with Crippen LogP contribution in [0.3, 0.4) is 0 Å². The number of pyridine rings is 1. The Balaban J connectivity index is 1.92. The van der Waals surface area contributed by atoms with Gasteiger partial charge in [0.1, 0.15) is 5.54 Å².